The quantitative estimate of drug-likeness (QED) is 0.880. The second kappa shape index (κ2) is 7.09. The molecule has 0 atom stereocenters. The lowest BCUT2D eigenvalue weighted by atomic mass is 10.1. The maximum absolute atomic E-state index is 12.2. The average Bonchev–Trinajstić information content (AvgIpc) is 3.04. The summed E-state index contributed by atoms with van der Waals surface area (Å²) >= 11 is 0. The highest BCUT2D eigenvalue weighted by atomic mass is 19.4. The highest BCUT2D eigenvalue weighted by molar-refractivity contribution is 6.02. The maximum Gasteiger partial charge on any atom is 0.573 e. The number of rotatable bonds is 4. The number of carbonyl (C=O) groups is 1. The molecule has 1 aromatic carbocycles. The Labute approximate surface area is 141 Å². The van der Waals surface area contributed by atoms with E-state index in [1.54, 1.807) is 10.9 Å². The Bertz CT molecular complexity index is 741. The molecule has 0 spiro atoms. The molecule has 2 heterocycles. The van der Waals surface area contributed by atoms with Crippen molar-refractivity contribution in [2.45, 2.75) is 25.2 Å². The molecule has 1 fully saturated rings. The number of hydrogen-bond acceptors (Lipinski definition) is 5. The molecule has 1 aromatic heterocycles. The first kappa shape index (κ1) is 17.2. The molecule has 0 unspecified atom stereocenters. The van der Waals surface area contributed by atoms with Crippen LogP contribution in [0.1, 0.15) is 29.4 Å². The lowest BCUT2D eigenvalue weighted by Crippen LogP contribution is -2.29. The molecule has 7 nitrogen and oxygen atoms in total. The smallest absolute Gasteiger partial charge is 0.406 e. The summed E-state index contributed by atoms with van der Waals surface area (Å²) in [6.45, 7) is 1.75. The number of anilines is 1. The second-order valence-electron chi connectivity index (χ2n) is 5.59. The number of benzene rings is 1. The third-order valence-electron chi connectivity index (χ3n) is 3.75. The minimum Gasteiger partial charge on any atom is -0.406 e. The van der Waals surface area contributed by atoms with Gasteiger partial charge in [0.05, 0.1) is 12.2 Å². The van der Waals surface area contributed by atoms with Crippen molar-refractivity contribution in [2.75, 3.05) is 18.4 Å². The third-order valence-corrected chi connectivity index (χ3v) is 3.75. The van der Waals surface area contributed by atoms with Gasteiger partial charge in [0.25, 0.3) is 5.91 Å². The van der Waals surface area contributed by atoms with Gasteiger partial charge in [0.15, 0.2) is 5.69 Å². The Kier molecular flexibility index (Phi) is 4.88. The summed E-state index contributed by atoms with van der Waals surface area (Å²) < 4.78 is 42.2. The summed E-state index contributed by atoms with van der Waals surface area (Å²) in [6.07, 6.45) is -1.47. The average molecular weight is 355 g/mol. The normalized spacial score (nSPS) is 15.8. The molecular weight excluding hydrogens is 339 g/mol. The van der Waals surface area contributed by atoms with Gasteiger partial charge in [-0.2, -0.15) is 0 Å². The molecule has 0 bridgehead atoms. The molecule has 134 valence electrons. The predicted molar refractivity (Wildman–Crippen MR) is 82.2 cm³/mol. The molecule has 10 heteroatoms. The third kappa shape index (κ3) is 4.69. The van der Waals surface area contributed by atoms with E-state index in [2.05, 4.69) is 25.7 Å². The Morgan fingerprint density at radius 3 is 2.80 bits per heavy atom. The molecule has 25 heavy (non-hydrogen) atoms. The fourth-order valence-corrected chi connectivity index (χ4v) is 2.60. The fourth-order valence-electron chi connectivity index (χ4n) is 2.60. The van der Waals surface area contributed by atoms with Gasteiger partial charge in [0.2, 0.25) is 0 Å². The summed E-state index contributed by atoms with van der Waals surface area (Å²) in [7, 11) is 0. The van der Waals surface area contributed by atoms with Crippen molar-refractivity contribution in [1.29, 1.82) is 0 Å². The van der Waals surface area contributed by atoms with E-state index in [1.807, 2.05) is 0 Å². The van der Waals surface area contributed by atoms with Crippen LogP contribution in [0.25, 0.3) is 0 Å². The summed E-state index contributed by atoms with van der Waals surface area (Å²) in [5.74, 6) is -0.965. The van der Waals surface area contributed by atoms with Crippen LogP contribution in [-0.4, -0.2) is 40.4 Å². The van der Waals surface area contributed by atoms with Gasteiger partial charge in [0.1, 0.15) is 5.75 Å². The largest absolute Gasteiger partial charge is 0.573 e. The summed E-state index contributed by atoms with van der Waals surface area (Å²) in [5.41, 5.74) is 0.267. The first-order valence-corrected chi connectivity index (χ1v) is 7.70. The topological polar surface area (TPSA) is 81.1 Å². The first-order valence-electron chi connectivity index (χ1n) is 7.70. The van der Waals surface area contributed by atoms with Crippen molar-refractivity contribution in [1.82, 2.24) is 20.3 Å². The van der Waals surface area contributed by atoms with Gasteiger partial charge >= 0.3 is 6.36 Å². The number of nitrogens with one attached hydrogen (secondary N) is 2. The van der Waals surface area contributed by atoms with Gasteiger partial charge in [-0.05, 0) is 38.1 Å². The lowest BCUT2D eigenvalue weighted by Gasteiger charge is -2.22. The zero-order valence-corrected chi connectivity index (χ0v) is 13.1. The van der Waals surface area contributed by atoms with Crippen LogP contribution in [0.2, 0.25) is 0 Å². The second-order valence-corrected chi connectivity index (χ2v) is 5.59. The number of hydrogen-bond donors (Lipinski definition) is 2. The number of amides is 1. The van der Waals surface area contributed by atoms with E-state index in [-0.39, 0.29) is 17.4 Å². The van der Waals surface area contributed by atoms with Gasteiger partial charge in [-0.1, -0.05) is 11.3 Å². The van der Waals surface area contributed by atoms with Gasteiger partial charge in [0, 0.05) is 11.8 Å². The van der Waals surface area contributed by atoms with Crippen LogP contribution < -0.4 is 15.4 Å². The molecule has 2 N–H and O–H groups in total. The standard InChI is InChI=1S/C15H16F3N5O2/c16-15(17,18)25-12-3-1-2-10(8-12)20-14(24)13-9-23(22-21-13)11-4-6-19-7-5-11/h1-3,8-9,11,19H,4-7H2,(H,20,24). The Balaban J connectivity index is 1.66. The number of aromatic nitrogens is 3. The summed E-state index contributed by atoms with van der Waals surface area (Å²) in [4.78, 5) is 12.2. The summed E-state index contributed by atoms with van der Waals surface area (Å²) in [5, 5.41) is 13.5. The van der Waals surface area contributed by atoms with E-state index >= 15 is 0 Å². The number of ether oxygens (including phenoxy) is 1. The molecule has 0 aliphatic carbocycles. The molecule has 1 saturated heterocycles. The Morgan fingerprint density at radius 2 is 2.08 bits per heavy atom. The van der Waals surface area contributed by atoms with Crippen molar-refractivity contribution >= 4 is 11.6 Å². The van der Waals surface area contributed by atoms with E-state index in [1.165, 1.54) is 12.1 Å². The fraction of sp³-hybridized carbons (Fsp3) is 0.400. The van der Waals surface area contributed by atoms with E-state index in [0.717, 1.165) is 38.1 Å². The van der Waals surface area contributed by atoms with Gasteiger partial charge in [-0.3, -0.25) is 4.79 Å². The molecule has 0 radical (unpaired) electrons. The van der Waals surface area contributed by atoms with Crippen LogP contribution in [-0.2, 0) is 0 Å². The van der Waals surface area contributed by atoms with Crippen molar-refractivity contribution in [3.8, 4) is 5.75 Å². The molecule has 1 aliphatic heterocycles. The molecule has 1 aliphatic rings. The number of piperidine rings is 1. The molecule has 3 rings (SSSR count). The number of halogens is 3. The Hall–Kier alpha value is -2.62. The van der Waals surface area contributed by atoms with Crippen LogP contribution in [0.3, 0.4) is 0 Å². The highest BCUT2D eigenvalue weighted by Gasteiger charge is 2.31. The van der Waals surface area contributed by atoms with Gasteiger partial charge < -0.3 is 15.4 Å². The number of carbonyl (C=O) groups excluding carboxylic acids is 1. The van der Waals surface area contributed by atoms with E-state index in [4.69, 9.17) is 0 Å². The highest BCUT2D eigenvalue weighted by Crippen LogP contribution is 2.25. The molecular formula is C15H16F3N5O2. The number of alkyl halides is 3. The zero-order valence-electron chi connectivity index (χ0n) is 13.1. The predicted octanol–water partition coefficient (Wildman–Crippen LogP) is 2.35. The summed E-state index contributed by atoms with van der Waals surface area (Å²) in [6, 6.07) is 5.22. The monoisotopic (exact) mass is 355 g/mol. The van der Waals surface area contributed by atoms with Crippen LogP contribution in [0, 0.1) is 0 Å². The maximum atomic E-state index is 12.2. The van der Waals surface area contributed by atoms with E-state index in [0.29, 0.717) is 0 Å². The van der Waals surface area contributed by atoms with Gasteiger partial charge in [-0.15, -0.1) is 18.3 Å². The molecule has 1 amide bonds. The van der Waals surface area contributed by atoms with Crippen LogP contribution in [0.5, 0.6) is 5.75 Å². The van der Waals surface area contributed by atoms with Crippen molar-refractivity contribution in [3.63, 3.8) is 0 Å². The Morgan fingerprint density at radius 1 is 1.32 bits per heavy atom. The van der Waals surface area contributed by atoms with E-state index < -0.39 is 18.0 Å². The number of nitrogens with zero attached hydrogens (tertiary/aromatic N) is 3. The van der Waals surface area contributed by atoms with Crippen LogP contribution >= 0.6 is 0 Å². The lowest BCUT2D eigenvalue weighted by molar-refractivity contribution is -0.274. The van der Waals surface area contributed by atoms with Gasteiger partial charge in [-0.25, -0.2) is 4.68 Å². The first-order chi connectivity index (χ1) is 11.9. The van der Waals surface area contributed by atoms with Crippen molar-refractivity contribution in [2.24, 2.45) is 0 Å². The SMILES string of the molecule is O=C(Nc1cccc(OC(F)(F)F)c1)c1cn(C2CCNCC2)nn1. The van der Waals surface area contributed by atoms with Crippen LogP contribution in [0.4, 0.5) is 18.9 Å². The van der Waals surface area contributed by atoms with E-state index in [9.17, 15) is 18.0 Å². The zero-order chi connectivity index (χ0) is 17.9. The molecule has 2 aromatic rings. The molecule has 0 saturated carbocycles. The minimum absolute atomic E-state index is 0.0978. The van der Waals surface area contributed by atoms with Crippen molar-refractivity contribution in [3.05, 3.63) is 36.2 Å². The van der Waals surface area contributed by atoms with Crippen LogP contribution in [0.15, 0.2) is 30.5 Å². The van der Waals surface area contributed by atoms with Crippen molar-refractivity contribution < 1.29 is 22.7 Å². The minimum atomic E-state index is -4.79.